The molecule has 0 saturated carbocycles. The van der Waals surface area contributed by atoms with Crippen molar-refractivity contribution in [3.05, 3.63) is 54.1 Å². The van der Waals surface area contributed by atoms with Crippen molar-refractivity contribution in [2.75, 3.05) is 18.7 Å². The number of quaternary nitrogens is 1. The number of benzene rings is 2. The third kappa shape index (κ3) is 4.49. The van der Waals surface area contributed by atoms with Gasteiger partial charge >= 0.3 is 0 Å². The van der Waals surface area contributed by atoms with E-state index in [2.05, 4.69) is 41.8 Å². The van der Waals surface area contributed by atoms with Crippen molar-refractivity contribution < 1.29 is 19.6 Å². The van der Waals surface area contributed by atoms with Crippen LogP contribution in [0.4, 0.5) is 5.69 Å². The first-order valence-electron chi connectivity index (χ1n) is 8.27. The molecule has 0 aliphatic carbocycles. The first-order chi connectivity index (χ1) is 11.7. The number of ether oxygens (including phenoxy) is 2. The first-order valence-corrected chi connectivity index (χ1v) is 8.27. The monoisotopic (exact) mass is 327 g/mol. The molecule has 5 nitrogen and oxygen atoms in total. The van der Waals surface area contributed by atoms with Gasteiger partial charge in [-0.1, -0.05) is 30.3 Å². The van der Waals surface area contributed by atoms with Crippen LogP contribution in [0.5, 0.6) is 11.5 Å². The van der Waals surface area contributed by atoms with Crippen molar-refractivity contribution >= 4 is 11.6 Å². The molecule has 1 aliphatic rings. The predicted octanol–water partition coefficient (Wildman–Crippen LogP) is 1.94. The van der Waals surface area contributed by atoms with E-state index < -0.39 is 0 Å². The lowest BCUT2D eigenvalue weighted by Crippen LogP contribution is -2.91. The average Bonchev–Trinajstić information content (AvgIpc) is 3.07. The summed E-state index contributed by atoms with van der Waals surface area (Å²) in [5.41, 5.74) is 2.07. The van der Waals surface area contributed by atoms with Crippen LogP contribution in [0.1, 0.15) is 18.9 Å². The van der Waals surface area contributed by atoms with Gasteiger partial charge in [0.15, 0.2) is 18.0 Å². The van der Waals surface area contributed by atoms with Crippen LogP contribution in [0, 0.1) is 0 Å². The van der Waals surface area contributed by atoms with Crippen LogP contribution in [0.15, 0.2) is 48.5 Å². The van der Waals surface area contributed by atoms with E-state index in [1.54, 1.807) is 6.07 Å². The van der Waals surface area contributed by atoms with Gasteiger partial charge < -0.3 is 20.1 Å². The Labute approximate surface area is 142 Å². The summed E-state index contributed by atoms with van der Waals surface area (Å²) in [5.74, 6) is 1.38. The average molecular weight is 327 g/mol. The van der Waals surface area contributed by atoms with Crippen molar-refractivity contribution in [3.8, 4) is 11.5 Å². The van der Waals surface area contributed by atoms with Crippen molar-refractivity contribution in [1.82, 2.24) is 0 Å². The molecule has 1 heterocycles. The predicted molar refractivity (Wildman–Crippen MR) is 92.2 cm³/mol. The van der Waals surface area contributed by atoms with Crippen LogP contribution in [-0.2, 0) is 11.2 Å². The lowest BCUT2D eigenvalue weighted by Gasteiger charge is -2.11. The van der Waals surface area contributed by atoms with Crippen molar-refractivity contribution in [2.45, 2.75) is 25.8 Å². The van der Waals surface area contributed by atoms with Crippen LogP contribution in [0.25, 0.3) is 0 Å². The normalized spacial score (nSPS) is 13.5. The number of anilines is 1. The van der Waals surface area contributed by atoms with Crippen LogP contribution in [0.2, 0.25) is 0 Å². The van der Waals surface area contributed by atoms with E-state index in [1.807, 2.05) is 18.2 Å². The summed E-state index contributed by atoms with van der Waals surface area (Å²) in [7, 11) is 0. The van der Waals surface area contributed by atoms with E-state index in [4.69, 9.17) is 9.47 Å². The molecular formula is C19H23N2O3+. The Morgan fingerprint density at radius 3 is 2.79 bits per heavy atom. The molecule has 0 unspecified atom stereocenters. The SMILES string of the molecule is C[C@@H](CCc1ccccc1)[NH2+]CC(=O)Nc1ccc2c(c1)OCO2. The second-order valence-electron chi connectivity index (χ2n) is 6.06. The Bertz CT molecular complexity index is 688. The fourth-order valence-electron chi connectivity index (χ4n) is 2.65. The Morgan fingerprint density at radius 2 is 1.96 bits per heavy atom. The molecule has 0 saturated heterocycles. The number of carbonyl (C=O) groups is 1. The topological polar surface area (TPSA) is 64.2 Å². The van der Waals surface area contributed by atoms with Gasteiger partial charge in [0.1, 0.15) is 0 Å². The summed E-state index contributed by atoms with van der Waals surface area (Å²) in [6, 6.07) is 16.2. The Kier molecular flexibility index (Phi) is 5.33. The number of amides is 1. The van der Waals surface area contributed by atoms with Crippen molar-refractivity contribution in [2.24, 2.45) is 0 Å². The maximum atomic E-state index is 12.1. The number of carbonyl (C=O) groups excluding carboxylic acids is 1. The van der Waals surface area contributed by atoms with E-state index in [-0.39, 0.29) is 12.7 Å². The third-order valence-corrected chi connectivity index (χ3v) is 4.09. The number of hydrogen-bond donors (Lipinski definition) is 2. The summed E-state index contributed by atoms with van der Waals surface area (Å²) >= 11 is 0. The summed E-state index contributed by atoms with van der Waals surface area (Å²) in [5, 5.41) is 4.97. The molecule has 24 heavy (non-hydrogen) atoms. The molecule has 1 aliphatic heterocycles. The molecule has 0 spiro atoms. The number of hydrogen-bond acceptors (Lipinski definition) is 3. The second-order valence-corrected chi connectivity index (χ2v) is 6.06. The van der Waals surface area contributed by atoms with Gasteiger partial charge in [0.2, 0.25) is 6.79 Å². The van der Waals surface area contributed by atoms with Crippen LogP contribution in [0.3, 0.4) is 0 Å². The minimum Gasteiger partial charge on any atom is -0.454 e. The third-order valence-electron chi connectivity index (χ3n) is 4.09. The van der Waals surface area contributed by atoms with Gasteiger partial charge in [0.25, 0.3) is 5.91 Å². The highest BCUT2D eigenvalue weighted by Gasteiger charge is 2.15. The minimum absolute atomic E-state index is 0.0135. The summed E-state index contributed by atoms with van der Waals surface area (Å²) in [6.45, 7) is 2.79. The van der Waals surface area contributed by atoms with E-state index in [9.17, 15) is 4.79 Å². The fourth-order valence-corrected chi connectivity index (χ4v) is 2.65. The van der Waals surface area contributed by atoms with Crippen molar-refractivity contribution in [3.63, 3.8) is 0 Å². The van der Waals surface area contributed by atoms with Gasteiger partial charge in [-0.2, -0.15) is 0 Å². The maximum absolute atomic E-state index is 12.1. The van der Waals surface area contributed by atoms with E-state index in [0.29, 0.717) is 24.1 Å². The van der Waals surface area contributed by atoms with Crippen LogP contribution in [-0.4, -0.2) is 25.3 Å². The molecule has 2 aromatic carbocycles. The molecule has 0 fully saturated rings. The van der Waals surface area contributed by atoms with Crippen LogP contribution < -0.4 is 20.1 Å². The van der Waals surface area contributed by atoms with Gasteiger partial charge in [0.05, 0.1) is 6.04 Å². The van der Waals surface area contributed by atoms with Gasteiger partial charge in [-0.05, 0) is 31.0 Å². The highest BCUT2D eigenvalue weighted by atomic mass is 16.7. The van der Waals surface area contributed by atoms with E-state index >= 15 is 0 Å². The first kappa shape index (κ1) is 16.3. The molecule has 5 heteroatoms. The number of nitrogens with one attached hydrogen (secondary N) is 1. The van der Waals surface area contributed by atoms with Gasteiger partial charge in [-0.3, -0.25) is 4.79 Å². The quantitative estimate of drug-likeness (QED) is 0.817. The van der Waals surface area contributed by atoms with E-state index in [1.165, 1.54) is 5.56 Å². The summed E-state index contributed by atoms with van der Waals surface area (Å²) in [4.78, 5) is 12.1. The van der Waals surface area contributed by atoms with Crippen molar-refractivity contribution in [1.29, 1.82) is 0 Å². The second kappa shape index (κ2) is 7.84. The molecule has 1 amide bonds. The lowest BCUT2D eigenvalue weighted by molar-refractivity contribution is -0.676. The minimum atomic E-state index is -0.0135. The molecule has 1 atom stereocenters. The van der Waals surface area contributed by atoms with Gasteiger partial charge in [-0.25, -0.2) is 0 Å². The summed E-state index contributed by atoms with van der Waals surface area (Å²) < 4.78 is 10.6. The van der Waals surface area contributed by atoms with E-state index in [0.717, 1.165) is 18.5 Å². The molecule has 3 N–H and O–H groups in total. The maximum Gasteiger partial charge on any atom is 0.279 e. The zero-order valence-corrected chi connectivity index (χ0v) is 13.8. The Hall–Kier alpha value is -2.53. The molecular weight excluding hydrogens is 304 g/mol. The highest BCUT2D eigenvalue weighted by Crippen LogP contribution is 2.34. The van der Waals surface area contributed by atoms with Crippen LogP contribution >= 0.6 is 0 Å². The standard InChI is InChI=1S/C19H22N2O3/c1-14(7-8-15-5-3-2-4-6-15)20-12-19(22)21-16-9-10-17-18(11-16)24-13-23-17/h2-6,9-11,14,20H,7-8,12-13H2,1H3,(H,21,22)/p+1/t14-/m0/s1. The molecule has 3 rings (SSSR count). The highest BCUT2D eigenvalue weighted by molar-refractivity contribution is 5.91. The number of nitrogens with two attached hydrogens (primary N) is 1. The summed E-state index contributed by atoms with van der Waals surface area (Å²) in [6.07, 6.45) is 2.07. The molecule has 0 aromatic heterocycles. The zero-order chi connectivity index (χ0) is 16.8. The zero-order valence-electron chi connectivity index (χ0n) is 13.8. The number of aryl methyl sites for hydroxylation is 1. The number of rotatable bonds is 7. The molecule has 126 valence electrons. The van der Waals surface area contributed by atoms with Gasteiger partial charge in [0, 0.05) is 18.2 Å². The fraction of sp³-hybridized carbons (Fsp3) is 0.316. The lowest BCUT2D eigenvalue weighted by atomic mass is 10.1. The molecule has 2 aromatic rings. The Morgan fingerprint density at radius 1 is 1.17 bits per heavy atom. The number of fused-ring (bicyclic) bond motifs is 1. The molecule has 0 bridgehead atoms. The largest absolute Gasteiger partial charge is 0.454 e. The smallest absolute Gasteiger partial charge is 0.279 e. The Balaban J connectivity index is 1.40. The van der Waals surface area contributed by atoms with Gasteiger partial charge in [-0.15, -0.1) is 0 Å². The molecule has 0 radical (unpaired) electrons.